The van der Waals surface area contributed by atoms with E-state index in [1.54, 1.807) is 24.3 Å². The molecule has 6 nitrogen and oxygen atoms in total. The van der Waals surface area contributed by atoms with Gasteiger partial charge in [0.2, 0.25) is 0 Å². The molecule has 6 heteroatoms. The van der Waals surface area contributed by atoms with Crippen molar-refractivity contribution in [2.45, 2.75) is 5.92 Å². The molecule has 1 aliphatic carbocycles. The van der Waals surface area contributed by atoms with Gasteiger partial charge in [0.1, 0.15) is 6.61 Å². The number of nitrogen functional groups attached to an aromatic ring is 1. The van der Waals surface area contributed by atoms with Crippen LogP contribution in [0.4, 0.5) is 10.5 Å². The number of rotatable bonds is 6. The molecule has 3 aromatic rings. The average Bonchev–Trinajstić information content (AvgIpc) is 3.10. The van der Waals surface area contributed by atoms with E-state index in [2.05, 4.69) is 29.6 Å². The van der Waals surface area contributed by atoms with Crippen LogP contribution >= 0.6 is 0 Å². The Morgan fingerprint density at radius 2 is 1.61 bits per heavy atom. The van der Waals surface area contributed by atoms with Crippen molar-refractivity contribution in [3.05, 3.63) is 95.1 Å². The summed E-state index contributed by atoms with van der Waals surface area (Å²) in [6.07, 6.45) is 2.85. The molecule has 1 aliphatic rings. The third-order valence-corrected chi connectivity index (χ3v) is 5.38. The molecule has 31 heavy (non-hydrogen) atoms. The largest absolute Gasteiger partial charge is 0.478 e. The van der Waals surface area contributed by atoms with E-state index in [0.29, 0.717) is 5.56 Å². The quantitative estimate of drug-likeness (QED) is 0.515. The van der Waals surface area contributed by atoms with E-state index in [9.17, 15) is 9.59 Å². The first kappa shape index (κ1) is 20.2. The molecule has 0 saturated carbocycles. The first-order chi connectivity index (χ1) is 15.1. The van der Waals surface area contributed by atoms with Crippen LogP contribution in [0.25, 0.3) is 17.2 Å². The maximum atomic E-state index is 12.2. The molecule has 0 atom stereocenters. The highest BCUT2D eigenvalue weighted by molar-refractivity contribution is 5.95. The Balaban J connectivity index is 1.34. The van der Waals surface area contributed by atoms with Crippen molar-refractivity contribution in [1.29, 1.82) is 0 Å². The summed E-state index contributed by atoms with van der Waals surface area (Å²) in [7, 11) is 0. The first-order valence-electron chi connectivity index (χ1n) is 9.93. The van der Waals surface area contributed by atoms with Crippen molar-refractivity contribution in [2.75, 3.05) is 18.9 Å². The number of nitrogens with one attached hydrogen (secondary N) is 1. The van der Waals surface area contributed by atoms with Gasteiger partial charge in [0, 0.05) is 12.5 Å². The number of carbonyl (C=O) groups is 2. The van der Waals surface area contributed by atoms with Gasteiger partial charge in [-0.05, 0) is 33.9 Å². The number of amides is 1. The van der Waals surface area contributed by atoms with Crippen molar-refractivity contribution >= 4 is 23.8 Å². The number of fused-ring (bicyclic) bond motifs is 3. The number of hydrogen-bond acceptors (Lipinski definition) is 4. The third-order valence-electron chi connectivity index (χ3n) is 5.38. The van der Waals surface area contributed by atoms with Gasteiger partial charge in [0.05, 0.1) is 11.3 Å². The van der Waals surface area contributed by atoms with Crippen molar-refractivity contribution in [1.82, 2.24) is 5.32 Å². The van der Waals surface area contributed by atoms with Crippen molar-refractivity contribution in [3.63, 3.8) is 0 Å². The maximum Gasteiger partial charge on any atom is 0.407 e. The van der Waals surface area contributed by atoms with Crippen LogP contribution in [-0.4, -0.2) is 30.3 Å². The highest BCUT2D eigenvalue weighted by Crippen LogP contribution is 2.44. The fraction of sp³-hybridized carbons (Fsp3) is 0.120. The maximum absolute atomic E-state index is 12.2. The highest BCUT2D eigenvalue weighted by Gasteiger charge is 2.28. The topological polar surface area (TPSA) is 102 Å². The Kier molecular flexibility index (Phi) is 5.71. The molecule has 1 amide bonds. The van der Waals surface area contributed by atoms with Crippen LogP contribution in [0.3, 0.4) is 0 Å². The molecular formula is C25H22N2O4. The summed E-state index contributed by atoms with van der Waals surface area (Å²) < 4.78 is 5.48. The molecular weight excluding hydrogens is 392 g/mol. The summed E-state index contributed by atoms with van der Waals surface area (Å²) in [6.45, 7) is 0.477. The lowest BCUT2D eigenvalue weighted by Crippen LogP contribution is -2.26. The van der Waals surface area contributed by atoms with Gasteiger partial charge < -0.3 is 20.9 Å². The number of carboxylic acids is 1. The molecule has 0 saturated heterocycles. The predicted octanol–water partition coefficient (Wildman–Crippen LogP) is 4.52. The van der Waals surface area contributed by atoms with Gasteiger partial charge in [-0.25, -0.2) is 9.59 Å². The zero-order valence-corrected chi connectivity index (χ0v) is 16.7. The second-order valence-electron chi connectivity index (χ2n) is 7.22. The third kappa shape index (κ3) is 4.14. The Morgan fingerprint density at radius 3 is 2.26 bits per heavy atom. The van der Waals surface area contributed by atoms with Crippen molar-refractivity contribution in [3.8, 4) is 11.1 Å². The molecule has 4 rings (SSSR count). The van der Waals surface area contributed by atoms with Crippen molar-refractivity contribution in [2.24, 2.45) is 0 Å². The number of para-hydroxylation sites is 1. The SMILES string of the molecule is Nc1c(C=CCNC(=O)OCC2c3ccccc3-c3ccccc32)cccc1C(=O)O. The number of carbonyl (C=O) groups excluding carboxylic acids is 1. The summed E-state index contributed by atoms with van der Waals surface area (Å²) in [5.41, 5.74) is 11.4. The minimum atomic E-state index is -1.08. The molecule has 0 radical (unpaired) electrons. The van der Waals surface area contributed by atoms with E-state index >= 15 is 0 Å². The number of benzene rings is 3. The standard InChI is InChI=1S/C25H22N2O4/c26-23-16(7-5-13-21(23)24(28)29)8-6-14-27-25(30)31-15-22-19-11-3-1-9-17(19)18-10-2-4-12-20(18)22/h1-13,22H,14-15,26H2,(H,27,30)(H,28,29). The van der Waals surface area contributed by atoms with Crippen molar-refractivity contribution < 1.29 is 19.4 Å². The van der Waals surface area contributed by atoms with Gasteiger partial charge in [-0.15, -0.1) is 0 Å². The average molecular weight is 414 g/mol. The molecule has 156 valence electrons. The summed E-state index contributed by atoms with van der Waals surface area (Å²) in [5, 5.41) is 11.8. The summed E-state index contributed by atoms with van der Waals surface area (Å²) in [4.78, 5) is 23.3. The zero-order valence-electron chi connectivity index (χ0n) is 16.7. The molecule has 0 spiro atoms. The van der Waals surface area contributed by atoms with Crippen LogP contribution in [-0.2, 0) is 4.74 Å². The first-order valence-corrected chi connectivity index (χ1v) is 9.93. The fourth-order valence-electron chi connectivity index (χ4n) is 3.89. The Hall–Kier alpha value is -4.06. The summed E-state index contributed by atoms with van der Waals surface area (Å²) in [5.74, 6) is -1.07. The summed E-state index contributed by atoms with van der Waals surface area (Å²) >= 11 is 0. The van der Waals surface area contributed by atoms with Gasteiger partial charge in [0.15, 0.2) is 0 Å². The molecule has 4 N–H and O–H groups in total. The molecule has 0 fully saturated rings. The monoisotopic (exact) mass is 414 g/mol. The molecule has 0 bridgehead atoms. The lowest BCUT2D eigenvalue weighted by atomic mass is 9.98. The van der Waals surface area contributed by atoms with E-state index in [-0.39, 0.29) is 30.3 Å². The van der Waals surface area contributed by atoms with Gasteiger partial charge >= 0.3 is 12.1 Å². The number of aromatic carboxylic acids is 1. The Bertz CT molecular complexity index is 1120. The Labute approximate surface area is 180 Å². The molecule has 0 aliphatic heterocycles. The Morgan fingerprint density at radius 1 is 0.968 bits per heavy atom. The zero-order chi connectivity index (χ0) is 21.8. The molecule has 3 aromatic carbocycles. The van der Waals surface area contributed by atoms with Crippen LogP contribution in [0.2, 0.25) is 0 Å². The fourth-order valence-corrected chi connectivity index (χ4v) is 3.89. The number of anilines is 1. The van der Waals surface area contributed by atoms with Gasteiger partial charge in [-0.1, -0.05) is 72.8 Å². The molecule has 0 unspecified atom stereocenters. The van der Waals surface area contributed by atoms with Crippen LogP contribution < -0.4 is 11.1 Å². The van der Waals surface area contributed by atoms with Crippen LogP contribution in [0.5, 0.6) is 0 Å². The van der Waals surface area contributed by atoms with Gasteiger partial charge in [-0.3, -0.25) is 0 Å². The number of hydrogen-bond donors (Lipinski definition) is 3. The predicted molar refractivity (Wildman–Crippen MR) is 120 cm³/mol. The van der Waals surface area contributed by atoms with Gasteiger partial charge in [-0.2, -0.15) is 0 Å². The highest BCUT2D eigenvalue weighted by atomic mass is 16.5. The van der Waals surface area contributed by atoms with E-state index in [4.69, 9.17) is 15.6 Å². The number of nitrogens with two attached hydrogens (primary N) is 1. The normalized spacial score (nSPS) is 12.4. The lowest BCUT2D eigenvalue weighted by molar-refractivity contribution is 0.0698. The second kappa shape index (κ2) is 8.75. The van der Waals surface area contributed by atoms with Crippen LogP contribution in [0.1, 0.15) is 33.0 Å². The minimum Gasteiger partial charge on any atom is -0.478 e. The number of carboxylic acid groups (broad SMARTS) is 1. The van der Waals surface area contributed by atoms with E-state index in [1.807, 2.05) is 24.3 Å². The van der Waals surface area contributed by atoms with Gasteiger partial charge in [0.25, 0.3) is 0 Å². The van der Waals surface area contributed by atoms with E-state index < -0.39 is 12.1 Å². The van der Waals surface area contributed by atoms with E-state index in [0.717, 1.165) is 11.1 Å². The number of alkyl carbamates (subject to hydrolysis) is 1. The smallest absolute Gasteiger partial charge is 0.407 e. The summed E-state index contributed by atoms with van der Waals surface area (Å²) in [6, 6.07) is 21.1. The van der Waals surface area contributed by atoms with Crippen LogP contribution in [0, 0.1) is 0 Å². The minimum absolute atomic E-state index is 0.00671. The molecule has 0 aromatic heterocycles. The number of ether oxygens (including phenoxy) is 1. The second-order valence-corrected chi connectivity index (χ2v) is 7.22. The van der Waals surface area contributed by atoms with Crippen LogP contribution in [0.15, 0.2) is 72.8 Å². The molecule has 0 heterocycles. The van der Waals surface area contributed by atoms with E-state index in [1.165, 1.54) is 17.2 Å². The lowest BCUT2D eigenvalue weighted by Gasteiger charge is -2.14.